The van der Waals surface area contributed by atoms with Crippen molar-refractivity contribution in [1.29, 1.82) is 0 Å². The highest BCUT2D eigenvalue weighted by atomic mass is 32.2. The van der Waals surface area contributed by atoms with Crippen LogP contribution in [-0.4, -0.2) is 74.0 Å². The number of nitrogens with one attached hydrogen (secondary N) is 1. The van der Waals surface area contributed by atoms with Gasteiger partial charge in [-0.3, -0.25) is 0 Å². The zero-order chi connectivity index (χ0) is 21.2. The van der Waals surface area contributed by atoms with Gasteiger partial charge in [0.1, 0.15) is 18.8 Å². The average molecular weight is 435 g/mol. The smallest absolute Gasteiger partial charge is 0.243 e. The Morgan fingerprint density at radius 3 is 2.60 bits per heavy atom. The van der Waals surface area contributed by atoms with Gasteiger partial charge in [-0.15, -0.1) is 0 Å². The number of aliphatic hydroxyl groups is 2. The molecule has 1 fully saturated rings. The van der Waals surface area contributed by atoms with Crippen LogP contribution in [0.5, 0.6) is 11.5 Å². The van der Waals surface area contributed by atoms with Crippen molar-refractivity contribution in [2.75, 3.05) is 39.4 Å². The van der Waals surface area contributed by atoms with Gasteiger partial charge in [-0.1, -0.05) is 24.3 Å². The van der Waals surface area contributed by atoms with E-state index in [0.717, 1.165) is 21.4 Å². The van der Waals surface area contributed by atoms with E-state index in [2.05, 4.69) is 5.32 Å². The summed E-state index contributed by atoms with van der Waals surface area (Å²) >= 11 is 0. The minimum absolute atomic E-state index is 0.0829. The number of fused-ring (bicyclic) bond motifs is 1. The Kier molecular flexibility index (Phi) is 5.99. The lowest BCUT2D eigenvalue weighted by Gasteiger charge is -2.26. The second-order valence-corrected chi connectivity index (χ2v) is 9.57. The van der Waals surface area contributed by atoms with Crippen LogP contribution in [0.25, 0.3) is 0 Å². The Balaban J connectivity index is 1.32. The lowest BCUT2D eigenvalue weighted by Crippen LogP contribution is -2.50. The summed E-state index contributed by atoms with van der Waals surface area (Å²) in [4.78, 5) is 0.146. The van der Waals surface area contributed by atoms with E-state index in [9.17, 15) is 18.6 Å². The molecule has 2 aromatic carbocycles. The predicted octanol–water partition coefficient (Wildman–Crippen LogP) is 0.386. The van der Waals surface area contributed by atoms with Gasteiger partial charge < -0.3 is 25.0 Å². The van der Waals surface area contributed by atoms with Gasteiger partial charge >= 0.3 is 0 Å². The fourth-order valence-corrected chi connectivity index (χ4v) is 5.25. The van der Waals surface area contributed by atoms with Crippen molar-refractivity contribution in [3.05, 3.63) is 54.1 Å². The molecule has 3 N–H and O–H groups in total. The number of hydrogen-bond donors (Lipinski definition) is 3. The molecule has 2 heterocycles. The average Bonchev–Trinajstić information content (AvgIpc) is 3.07. The number of ether oxygens (including phenoxy) is 2. The van der Waals surface area contributed by atoms with Gasteiger partial charge in [-0.05, 0) is 42.8 Å². The maximum absolute atomic E-state index is 12.8. The number of nitrogens with zero attached hydrogens (tertiary/aromatic N) is 1. The summed E-state index contributed by atoms with van der Waals surface area (Å²) in [5.74, 6) is 1.46. The molecule has 30 heavy (non-hydrogen) atoms. The van der Waals surface area contributed by atoms with Gasteiger partial charge in [0, 0.05) is 19.6 Å². The van der Waals surface area contributed by atoms with Crippen LogP contribution in [0.2, 0.25) is 0 Å². The van der Waals surface area contributed by atoms with Crippen LogP contribution in [-0.2, 0) is 16.4 Å². The number of benzene rings is 2. The van der Waals surface area contributed by atoms with Crippen LogP contribution in [0.4, 0.5) is 0 Å². The van der Waals surface area contributed by atoms with Crippen molar-refractivity contribution in [3.8, 4) is 11.5 Å². The van der Waals surface area contributed by atoms with Crippen LogP contribution in [0.1, 0.15) is 5.56 Å². The molecule has 4 rings (SSSR count). The number of hydrogen-bond acceptors (Lipinski definition) is 7. The first-order valence-corrected chi connectivity index (χ1v) is 11.4. The molecular formula is C21H26N2O6S. The van der Waals surface area contributed by atoms with Crippen molar-refractivity contribution in [3.63, 3.8) is 0 Å². The molecule has 0 amide bonds. The van der Waals surface area contributed by atoms with E-state index in [1.165, 1.54) is 12.1 Å². The summed E-state index contributed by atoms with van der Waals surface area (Å²) in [5.41, 5.74) is -0.492. The molecule has 162 valence electrons. The molecule has 2 aliphatic heterocycles. The van der Waals surface area contributed by atoms with Gasteiger partial charge in [0.2, 0.25) is 10.0 Å². The van der Waals surface area contributed by atoms with Crippen LogP contribution >= 0.6 is 0 Å². The Labute approximate surface area is 176 Å². The molecule has 0 spiro atoms. The molecule has 0 aliphatic carbocycles. The van der Waals surface area contributed by atoms with E-state index >= 15 is 0 Å². The summed E-state index contributed by atoms with van der Waals surface area (Å²) in [7, 11) is -3.77. The van der Waals surface area contributed by atoms with E-state index in [-0.39, 0.29) is 24.5 Å². The fourth-order valence-electron chi connectivity index (χ4n) is 3.72. The number of β-amino-alcohol motifs (C(OH)–C–C–N with tert-alkyl or cyclic N) is 2. The molecule has 2 atom stereocenters. The minimum atomic E-state index is -3.77. The van der Waals surface area contributed by atoms with Gasteiger partial charge in [-0.25, -0.2) is 8.42 Å². The summed E-state index contributed by atoms with van der Waals surface area (Å²) in [6, 6.07) is 13.8. The molecule has 0 bridgehead atoms. The molecule has 0 unspecified atom stereocenters. The highest BCUT2D eigenvalue weighted by Crippen LogP contribution is 2.31. The van der Waals surface area contributed by atoms with Crippen LogP contribution in [0.15, 0.2) is 53.4 Å². The Morgan fingerprint density at radius 1 is 1.10 bits per heavy atom. The van der Waals surface area contributed by atoms with Crippen LogP contribution < -0.4 is 14.8 Å². The monoisotopic (exact) mass is 434 g/mol. The first-order valence-electron chi connectivity index (χ1n) is 9.93. The van der Waals surface area contributed by atoms with Crippen LogP contribution in [0, 0.1) is 0 Å². The van der Waals surface area contributed by atoms with Gasteiger partial charge in [0.25, 0.3) is 0 Å². The maximum atomic E-state index is 12.8. The summed E-state index contributed by atoms with van der Waals surface area (Å²) in [6.45, 7) is 1.41. The molecule has 0 saturated carbocycles. The first kappa shape index (κ1) is 21.1. The second kappa shape index (κ2) is 8.52. The van der Waals surface area contributed by atoms with E-state index < -0.39 is 21.7 Å². The Morgan fingerprint density at radius 2 is 1.83 bits per heavy atom. The third kappa shape index (κ3) is 4.30. The highest BCUT2D eigenvalue weighted by Gasteiger charge is 2.48. The van der Waals surface area contributed by atoms with E-state index in [0.29, 0.717) is 26.2 Å². The second-order valence-electron chi connectivity index (χ2n) is 7.63. The van der Waals surface area contributed by atoms with Crippen molar-refractivity contribution in [2.24, 2.45) is 0 Å². The first-order chi connectivity index (χ1) is 14.4. The van der Waals surface area contributed by atoms with Gasteiger partial charge in [-0.2, -0.15) is 4.31 Å². The zero-order valence-electron chi connectivity index (χ0n) is 16.5. The largest absolute Gasteiger partial charge is 0.486 e. The molecule has 0 aromatic heterocycles. The summed E-state index contributed by atoms with van der Waals surface area (Å²) in [5, 5.41) is 24.3. The molecule has 1 saturated heterocycles. The lowest BCUT2D eigenvalue weighted by molar-refractivity contribution is -0.0380. The third-order valence-corrected chi connectivity index (χ3v) is 7.28. The number of rotatable bonds is 7. The Bertz CT molecular complexity index is 984. The van der Waals surface area contributed by atoms with Crippen molar-refractivity contribution >= 4 is 10.0 Å². The fraction of sp³-hybridized carbons (Fsp3) is 0.429. The van der Waals surface area contributed by atoms with E-state index in [1.807, 2.05) is 18.2 Å². The molecule has 2 aromatic rings. The zero-order valence-corrected chi connectivity index (χ0v) is 17.3. The highest BCUT2D eigenvalue weighted by molar-refractivity contribution is 7.89. The van der Waals surface area contributed by atoms with Gasteiger partial charge in [0.05, 0.1) is 11.0 Å². The van der Waals surface area contributed by atoms with Crippen molar-refractivity contribution < 1.29 is 28.1 Å². The van der Waals surface area contributed by atoms with E-state index in [1.54, 1.807) is 18.2 Å². The van der Waals surface area contributed by atoms with Crippen LogP contribution in [0.3, 0.4) is 0 Å². The minimum Gasteiger partial charge on any atom is -0.486 e. The molecule has 9 heteroatoms. The normalized spacial score (nSPS) is 24.1. The lowest BCUT2D eigenvalue weighted by atomic mass is 10.0. The maximum Gasteiger partial charge on any atom is 0.243 e. The quantitative estimate of drug-likeness (QED) is 0.541. The molecular weight excluding hydrogens is 408 g/mol. The summed E-state index contributed by atoms with van der Waals surface area (Å²) < 4.78 is 37.7. The third-order valence-electron chi connectivity index (χ3n) is 5.46. The molecule has 8 nitrogen and oxygen atoms in total. The molecule has 2 aliphatic rings. The predicted molar refractivity (Wildman–Crippen MR) is 110 cm³/mol. The Hall–Kier alpha value is -2.17. The summed E-state index contributed by atoms with van der Waals surface area (Å²) in [6.07, 6.45) is -0.479. The topological polar surface area (TPSA) is 108 Å². The molecule has 0 radical (unpaired) electrons. The number of aliphatic hydroxyl groups excluding tert-OH is 1. The van der Waals surface area contributed by atoms with Crippen molar-refractivity contribution in [2.45, 2.75) is 23.0 Å². The van der Waals surface area contributed by atoms with Gasteiger partial charge in [0.15, 0.2) is 11.5 Å². The van der Waals surface area contributed by atoms with E-state index in [4.69, 9.17) is 9.47 Å². The number of sulfonamides is 1. The standard InChI is InChI=1S/C21H26N2O6S/c24-20-13-23(30(26,27)17-4-2-1-3-5-17)15-21(20,25)14-22-9-8-16-6-7-18-19(12-16)29-11-10-28-18/h1-7,12,20,22,24-25H,8-11,13-15H2/t20-,21+/m1/s1. The SMILES string of the molecule is O=S(=O)(c1ccccc1)N1C[C@@H](O)[C@](O)(CNCCc2ccc3c(c2)OCCO3)C1. The van der Waals surface area contributed by atoms with Crippen molar-refractivity contribution in [1.82, 2.24) is 9.62 Å².